The van der Waals surface area contributed by atoms with Crippen LogP contribution in [-0.2, 0) is 0 Å². The maximum Gasteiger partial charge on any atom is 0.148 e. The van der Waals surface area contributed by atoms with Crippen molar-refractivity contribution in [2.75, 3.05) is 14.1 Å². The largest absolute Gasteiger partial charge is 0.454 e. The van der Waals surface area contributed by atoms with Crippen molar-refractivity contribution in [2.45, 2.75) is 13.8 Å². The lowest BCUT2D eigenvalue weighted by Gasteiger charge is -1.94. The van der Waals surface area contributed by atoms with Crippen LogP contribution >= 0.6 is 0 Å². The van der Waals surface area contributed by atoms with E-state index in [1.165, 1.54) is 0 Å². The van der Waals surface area contributed by atoms with Crippen molar-refractivity contribution in [2.24, 2.45) is 9.98 Å². The molecule has 0 amide bonds. The molecule has 0 saturated heterocycles. The molecule has 0 bridgehead atoms. The molecule has 1 rings (SSSR count). The highest BCUT2D eigenvalue weighted by Crippen LogP contribution is 2.09. The van der Waals surface area contributed by atoms with Crippen LogP contribution in [0.25, 0.3) is 0 Å². The second-order valence-corrected chi connectivity index (χ2v) is 2.78. The van der Waals surface area contributed by atoms with E-state index >= 15 is 0 Å². The van der Waals surface area contributed by atoms with E-state index in [4.69, 9.17) is 4.42 Å². The zero-order valence-corrected chi connectivity index (χ0v) is 8.46. The molecule has 0 atom stereocenters. The van der Waals surface area contributed by atoms with E-state index in [1.54, 1.807) is 14.1 Å². The van der Waals surface area contributed by atoms with E-state index < -0.39 is 0 Å². The smallest absolute Gasteiger partial charge is 0.148 e. The molecule has 1 aromatic rings. The van der Waals surface area contributed by atoms with Gasteiger partial charge >= 0.3 is 0 Å². The highest BCUT2D eigenvalue weighted by atomic mass is 16.3. The molecule has 0 radical (unpaired) electrons. The number of aliphatic imine (C=N–C) groups is 2. The molecule has 3 nitrogen and oxygen atoms in total. The predicted molar refractivity (Wildman–Crippen MR) is 55.0 cm³/mol. The van der Waals surface area contributed by atoms with Gasteiger partial charge in [0.05, 0.1) is 11.4 Å². The van der Waals surface area contributed by atoms with Gasteiger partial charge in [0.15, 0.2) is 0 Å². The Kier molecular flexibility index (Phi) is 3.01. The summed E-state index contributed by atoms with van der Waals surface area (Å²) in [6, 6.07) is 3.82. The third-order valence-corrected chi connectivity index (χ3v) is 1.99. The van der Waals surface area contributed by atoms with Gasteiger partial charge in [0, 0.05) is 14.1 Å². The van der Waals surface area contributed by atoms with Crippen LogP contribution in [0.4, 0.5) is 0 Å². The highest BCUT2D eigenvalue weighted by molar-refractivity contribution is 6.00. The predicted octanol–water partition coefficient (Wildman–Crippen LogP) is 2.16. The molecule has 0 spiro atoms. The number of hydrogen-bond acceptors (Lipinski definition) is 3. The Morgan fingerprint density at radius 1 is 1.00 bits per heavy atom. The van der Waals surface area contributed by atoms with E-state index in [9.17, 15) is 0 Å². The standard InChI is InChI=1S/C10H14N2O/c1-7(11-3)9-5-6-10(13-9)8(2)12-4/h5-6H,1-4H3. The van der Waals surface area contributed by atoms with Crippen LogP contribution in [0.5, 0.6) is 0 Å². The molecule has 0 unspecified atom stereocenters. The fourth-order valence-corrected chi connectivity index (χ4v) is 0.947. The molecular formula is C10H14N2O. The van der Waals surface area contributed by atoms with E-state index in [1.807, 2.05) is 26.0 Å². The zero-order chi connectivity index (χ0) is 9.84. The Hall–Kier alpha value is -1.38. The molecule has 0 aliphatic rings. The Morgan fingerprint density at radius 2 is 1.38 bits per heavy atom. The SMILES string of the molecule is CN=C(C)c1ccc(C(C)=NC)o1. The second kappa shape index (κ2) is 4.03. The van der Waals surface area contributed by atoms with Crippen LogP contribution in [0.15, 0.2) is 26.5 Å². The Labute approximate surface area is 78.2 Å². The Balaban J connectivity index is 3.00. The lowest BCUT2D eigenvalue weighted by molar-refractivity contribution is 0.547. The van der Waals surface area contributed by atoms with Gasteiger partial charge in [-0.25, -0.2) is 0 Å². The second-order valence-electron chi connectivity index (χ2n) is 2.78. The Bertz CT molecular complexity index is 315. The van der Waals surface area contributed by atoms with Crippen molar-refractivity contribution < 1.29 is 4.42 Å². The fourth-order valence-electron chi connectivity index (χ4n) is 0.947. The first-order valence-electron chi connectivity index (χ1n) is 4.16. The normalized spacial score (nSPS) is 13.5. The summed E-state index contributed by atoms with van der Waals surface area (Å²) in [5, 5.41) is 0. The molecule has 0 fully saturated rings. The molecule has 0 aliphatic heterocycles. The molecule has 1 aromatic heterocycles. The van der Waals surface area contributed by atoms with Gasteiger partial charge in [0.25, 0.3) is 0 Å². The average molecular weight is 178 g/mol. The average Bonchev–Trinajstić information content (AvgIpc) is 2.64. The molecular weight excluding hydrogens is 164 g/mol. The van der Waals surface area contributed by atoms with Gasteiger partial charge in [-0.3, -0.25) is 9.98 Å². The zero-order valence-electron chi connectivity index (χ0n) is 8.46. The van der Waals surface area contributed by atoms with Gasteiger partial charge in [-0.05, 0) is 26.0 Å². The van der Waals surface area contributed by atoms with Crippen LogP contribution in [0.1, 0.15) is 25.4 Å². The lowest BCUT2D eigenvalue weighted by Crippen LogP contribution is -1.93. The maximum atomic E-state index is 5.53. The molecule has 0 saturated carbocycles. The summed E-state index contributed by atoms with van der Waals surface area (Å²) in [6.07, 6.45) is 0. The lowest BCUT2D eigenvalue weighted by atomic mass is 10.3. The van der Waals surface area contributed by atoms with Crippen LogP contribution in [-0.4, -0.2) is 25.5 Å². The van der Waals surface area contributed by atoms with Crippen LogP contribution in [0, 0.1) is 0 Å². The highest BCUT2D eigenvalue weighted by Gasteiger charge is 2.05. The number of furan rings is 1. The van der Waals surface area contributed by atoms with Crippen LogP contribution in [0.2, 0.25) is 0 Å². The molecule has 3 heteroatoms. The van der Waals surface area contributed by atoms with Crippen molar-refractivity contribution in [3.63, 3.8) is 0 Å². The van der Waals surface area contributed by atoms with E-state index in [2.05, 4.69) is 9.98 Å². The molecule has 0 N–H and O–H groups in total. The minimum Gasteiger partial charge on any atom is -0.454 e. The summed E-state index contributed by atoms with van der Waals surface area (Å²) in [7, 11) is 3.50. The van der Waals surface area contributed by atoms with Gasteiger partial charge in [0.1, 0.15) is 11.5 Å². The first kappa shape index (κ1) is 9.71. The molecule has 70 valence electrons. The topological polar surface area (TPSA) is 37.9 Å². The van der Waals surface area contributed by atoms with Crippen molar-refractivity contribution >= 4 is 11.4 Å². The summed E-state index contributed by atoms with van der Waals surface area (Å²) in [5.41, 5.74) is 1.80. The maximum absolute atomic E-state index is 5.53. The molecule has 13 heavy (non-hydrogen) atoms. The number of rotatable bonds is 2. The van der Waals surface area contributed by atoms with Crippen molar-refractivity contribution in [3.05, 3.63) is 23.7 Å². The van der Waals surface area contributed by atoms with Gasteiger partial charge in [-0.1, -0.05) is 0 Å². The van der Waals surface area contributed by atoms with Gasteiger partial charge in [0.2, 0.25) is 0 Å². The summed E-state index contributed by atoms with van der Waals surface area (Å²) in [5.74, 6) is 1.61. The minimum absolute atomic E-state index is 0.806. The summed E-state index contributed by atoms with van der Waals surface area (Å²) >= 11 is 0. The number of nitrogens with zero attached hydrogens (tertiary/aromatic N) is 2. The summed E-state index contributed by atoms with van der Waals surface area (Å²) in [6.45, 7) is 3.84. The van der Waals surface area contributed by atoms with Crippen molar-refractivity contribution in [3.8, 4) is 0 Å². The van der Waals surface area contributed by atoms with Gasteiger partial charge in [-0.2, -0.15) is 0 Å². The quantitative estimate of drug-likeness (QED) is 0.639. The first-order chi connectivity index (χ1) is 6.19. The fraction of sp³-hybridized carbons (Fsp3) is 0.400. The molecule has 0 aliphatic carbocycles. The first-order valence-corrected chi connectivity index (χ1v) is 4.16. The minimum atomic E-state index is 0.806. The third kappa shape index (κ3) is 2.05. The van der Waals surface area contributed by atoms with Crippen LogP contribution < -0.4 is 0 Å². The van der Waals surface area contributed by atoms with Gasteiger partial charge in [-0.15, -0.1) is 0 Å². The number of hydrogen-bond donors (Lipinski definition) is 0. The van der Waals surface area contributed by atoms with E-state index in [0.29, 0.717) is 0 Å². The van der Waals surface area contributed by atoms with Crippen molar-refractivity contribution in [1.29, 1.82) is 0 Å². The summed E-state index contributed by atoms with van der Waals surface area (Å²) < 4.78 is 5.53. The van der Waals surface area contributed by atoms with E-state index in [-0.39, 0.29) is 0 Å². The monoisotopic (exact) mass is 178 g/mol. The third-order valence-electron chi connectivity index (χ3n) is 1.99. The van der Waals surface area contributed by atoms with Gasteiger partial charge < -0.3 is 4.42 Å². The Morgan fingerprint density at radius 3 is 1.69 bits per heavy atom. The molecule has 1 heterocycles. The van der Waals surface area contributed by atoms with Crippen LogP contribution in [0.3, 0.4) is 0 Å². The van der Waals surface area contributed by atoms with E-state index in [0.717, 1.165) is 22.9 Å². The van der Waals surface area contributed by atoms with Crippen molar-refractivity contribution in [1.82, 2.24) is 0 Å². The summed E-state index contributed by atoms with van der Waals surface area (Å²) in [4.78, 5) is 8.08. The molecule has 0 aromatic carbocycles.